The van der Waals surface area contributed by atoms with Crippen LogP contribution in [0.2, 0.25) is 10.0 Å². The molecule has 5 aliphatic rings. The van der Waals surface area contributed by atoms with Gasteiger partial charge in [0.1, 0.15) is 12.4 Å². The average Bonchev–Trinajstić information content (AvgIpc) is 3.36. The maximum atomic E-state index is 17.4. The second-order valence-electron chi connectivity index (χ2n) is 12.2. The highest BCUT2D eigenvalue weighted by Gasteiger charge is 2.79. The van der Waals surface area contributed by atoms with Gasteiger partial charge in [-0.15, -0.1) is 0 Å². The van der Waals surface area contributed by atoms with Crippen LogP contribution in [0.3, 0.4) is 0 Å². The number of carbonyl (C=O) groups excluding carboxylic acids is 2. The summed E-state index contributed by atoms with van der Waals surface area (Å²) in [7, 11) is 0. The van der Waals surface area contributed by atoms with Crippen molar-refractivity contribution in [1.29, 1.82) is 0 Å². The van der Waals surface area contributed by atoms with Gasteiger partial charge in [0, 0.05) is 57.7 Å². The minimum Gasteiger partial charge on any atom is -0.390 e. The fourth-order valence-electron chi connectivity index (χ4n) is 8.87. The topological polar surface area (TPSA) is 87.1 Å². The van der Waals surface area contributed by atoms with Crippen LogP contribution in [0.5, 0.6) is 0 Å². The number of Topliss-reactive ketones (excluding diaryl/α,β-unsaturated/α-hetero) is 1. The number of fused-ring (bicyclic) bond motifs is 7. The van der Waals surface area contributed by atoms with Gasteiger partial charge in [0.2, 0.25) is 0 Å². The maximum Gasteiger partial charge on any atom is 0.192 e. The van der Waals surface area contributed by atoms with Crippen LogP contribution in [-0.2, 0) is 21.0 Å². The van der Waals surface area contributed by atoms with Crippen LogP contribution in [0, 0.1) is 28.6 Å². The van der Waals surface area contributed by atoms with Crippen LogP contribution in [0.4, 0.5) is 8.78 Å². The van der Waals surface area contributed by atoms with Crippen molar-refractivity contribution in [3.63, 3.8) is 0 Å². The molecule has 0 bridgehead atoms. The lowest BCUT2D eigenvalue weighted by molar-refractivity contribution is -0.266. The molecule has 1 aromatic carbocycles. The number of nitrogens with zero attached hydrogens (tertiary/aromatic N) is 1. The molecule has 0 aromatic heterocycles. The van der Waals surface area contributed by atoms with Crippen molar-refractivity contribution >= 4 is 34.8 Å². The van der Waals surface area contributed by atoms with Crippen molar-refractivity contribution < 1.29 is 33.4 Å². The fourth-order valence-corrected chi connectivity index (χ4v) is 9.38. The Hall–Kier alpha value is -1.68. The third-order valence-corrected chi connectivity index (χ3v) is 11.4. The summed E-state index contributed by atoms with van der Waals surface area (Å²) >= 11 is 12.8. The van der Waals surface area contributed by atoms with Crippen LogP contribution >= 0.6 is 23.2 Å². The third-order valence-electron chi connectivity index (χ3n) is 10.7. The van der Waals surface area contributed by atoms with Crippen molar-refractivity contribution in [2.24, 2.45) is 28.6 Å². The van der Waals surface area contributed by atoms with E-state index in [1.54, 1.807) is 37.1 Å². The van der Waals surface area contributed by atoms with E-state index >= 15 is 8.78 Å². The van der Waals surface area contributed by atoms with Gasteiger partial charge in [-0.1, -0.05) is 42.3 Å². The molecule has 1 aliphatic heterocycles. The van der Waals surface area contributed by atoms with Crippen LogP contribution in [0.15, 0.2) is 41.8 Å². The number of hydroxylamine groups is 2. The largest absolute Gasteiger partial charge is 0.390 e. The van der Waals surface area contributed by atoms with Crippen LogP contribution in [0.25, 0.3) is 0 Å². The Bertz CT molecular complexity index is 1320. The number of carbonyl (C=O) groups is 2. The molecule has 6 nitrogen and oxygen atoms in total. The molecule has 10 heteroatoms. The number of alkyl halides is 1. The number of allylic oxidation sites excluding steroid dienone is 4. The molecule has 0 amide bonds. The van der Waals surface area contributed by atoms with E-state index in [1.807, 2.05) is 0 Å². The van der Waals surface area contributed by atoms with Gasteiger partial charge in [-0.2, -0.15) is 5.06 Å². The molecule has 1 heterocycles. The van der Waals surface area contributed by atoms with Crippen molar-refractivity contribution in [2.45, 2.75) is 63.4 Å². The van der Waals surface area contributed by atoms with E-state index in [2.05, 4.69) is 0 Å². The van der Waals surface area contributed by atoms with Crippen molar-refractivity contribution in [3.05, 3.63) is 57.4 Å². The molecule has 3 fully saturated rings. The minimum atomic E-state index is -2.24. The number of benzene rings is 1. The van der Waals surface area contributed by atoms with Crippen molar-refractivity contribution in [1.82, 2.24) is 5.06 Å². The van der Waals surface area contributed by atoms with E-state index in [0.717, 1.165) is 0 Å². The summed E-state index contributed by atoms with van der Waals surface area (Å²) in [5, 5.41) is 24.1. The molecule has 0 radical (unpaired) electrons. The SMILES string of the molecule is C[C@]12C=CC(=O)CC1=C(F)C[C@H]1[C@@H]3C[C@H]4CN(Cc5c(Cl)cccc5Cl)O[C@@]4(C(=O)CO)[C@@]3(C)C[C@H](O)[C@@]12F. The molecule has 0 spiro atoms. The Morgan fingerprint density at radius 1 is 1.23 bits per heavy atom. The van der Waals surface area contributed by atoms with Gasteiger partial charge in [-0.3, -0.25) is 14.4 Å². The molecule has 4 aliphatic carbocycles. The normalized spacial score (nSPS) is 43.2. The number of halogens is 4. The number of hydrogen-bond donors (Lipinski definition) is 2. The summed E-state index contributed by atoms with van der Waals surface area (Å²) in [5.74, 6) is -3.29. The number of aliphatic hydroxyl groups excluding tert-OH is 2. The lowest BCUT2D eigenvalue weighted by Crippen LogP contribution is -2.69. The number of hydrogen-bond acceptors (Lipinski definition) is 6. The summed E-state index contributed by atoms with van der Waals surface area (Å²) in [6.07, 6.45) is 0.856. The van der Waals surface area contributed by atoms with Gasteiger partial charge >= 0.3 is 0 Å². The lowest BCUT2D eigenvalue weighted by Gasteiger charge is -2.62. The molecule has 39 heavy (non-hydrogen) atoms. The number of aliphatic hydroxyl groups is 2. The molecule has 210 valence electrons. The first-order chi connectivity index (χ1) is 18.3. The Morgan fingerprint density at radius 3 is 2.59 bits per heavy atom. The highest BCUT2D eigenvalue weighted by molar-refractivity contribution is 6.35. The van der Waals surface area contributed by atoms with Gasteiger partial charge < -0.3 is 10.2 Å². The molecule has 2 N–H and O–H groups in total. The average molecular weight is 582 g/mol. The van der Waals surface area contributed by atoms with E-state index in [1.165, 1.54) is 12.2 Å². The Labute approximate surface area is 235 Å². The summed E-state index contributed by atoms with van der Waals surface area (Å²) in [6.45, 7) is 3.03. The standard InChI is InChI=1S/C29H31Cl2F2NO5/c1-26-7-6-16(36)9-20(26)23(32)10-19-18-8-15-12-34(13-17-21(30)4-3-5-22(17)31)39-29(15,25(38)14-35)27(18,2)11-24(37)28(19,26)33/h3-7,15,18-19,24,35,37H,8-14H2,1-2H3/t15-,18-,19-,24-,26-,27-,28-,29-/m0/s1. The molecular weight excluding hydrogens is 551 g/mol. The first kappa shape index (κ1) is 27.5. The predicted octanol–water partition coefficient (Wildman–Crippen LogP) is 4.93. The van der Waals surface area contributed by atoms with Gasteiger partial charge in [0.25, 0.3) is 0 Å². The Morgan fingerprint density at radius 2 is 1.92 bits per heavy atom. The molecular formula is C29H31Cl2F2NO5. The minimum absolute atomic E-state index is 0.0924. The van der Waals surface area contributed by atoms with Gasteiger partial charge in [-0.05, 0) is 49.5 Å². The first-order valence-electron chi connectivity index (χ1n) is 13.3. The zero-order valence-corrected chi connectivity index (χ0v) is 23.2. The second kappa shape index (κ2) is 8.91. The van der Waals surface area contributed by atoms with Crippen molar-refractivity contribution in [2.75, 3.05) is 13.2 Å². The quantitative estimate of drug-likeness (QED) is 0.524. The monoisotopic (exact) mass is 581 g/mol. The van der Waals surface area contributed by atoms with Gasteiger partial charge in [0.05, 0.1) is 12.6 Å². The van der Waals surface area contributed by atoms with Crippen LogP contribution in [-0.4, -0.2) is 57.4 Å². The zero-order valence-electron chi connectivity index (χ0n) is 21.7. The Balaban J connectivity index is 1.41. The summed E-state index contributed by atoms with van der Waals surface area (Å²) in [6, 6.07) is 5.14. The zero-order chi connectivity index (χ0) is 28.1. The highest BCUT2D eigenvalue weighted by atomic mass is 35.5. The second-order valence-corrected chi connectivity index (χ2v) is 13.1. The number of rotatable bonds is 4. The van der Waals surface area contributed by atoms with E-state index < -0.39 is 64.2 Å². The van der Waals surface area contributed by atoms with E-state index in [-0.39, 0.29) is 43.7 Å². The van der Waals surface area contributed by atoms with Gasteiger partial charge in [0.15, 0.2) is 22.8 Å². The first-order valence-corrected chi connectivity index (χ1v) is 14.1. The molecule has 1 saturated heterocycles. The Kier molecular flexibility index (Phi) is 6.28. The molecule has 0 unspecified atom stereocenters. The molecule has 6 rings (SSSR count). The fraction of sp³-hybridized carbons (Fsp3) is 0.586. The number of ketones is 2. The summed E-state index contributed by atoms with van der Waals surface area (Å²) in [4.78, 5) is 32.1. The maximum absolute atomic E-state index is 17.4. The van der Waals surface area contributed by atoms with Gasteiger partial charge in [-0.25, -0.2) is 8.78 Å². The summed E-state index contributed by atoms with van der Waals surface area (Å²) in [5.41, 5.74) is -5.66. The predicted molar refractivity (Wildman–Crippen MR) is 140 cm³/mol. The molecule has 8 atom stereocenters. The third kappa shape index (κ3) is 3.39. The summed E-state index contributed by atoms with van der Waals surface area (Å²) < 4.78 is 33.1. The molecule has 2 saturated carbocycles. The molecule has 1 aromatic rings. The van der Waals surface area contributed by atoms with E-state index in [0.29, 0.717) is 22.0 Å². The highest BCUT2D eigenvalue weighted by Crippen LogP contribution is 2.72. The van der Waals surface area contributed by atoms with Crippen LogP contribution < -0.4 is 0 Å². The van der Waals surface area contributed by atoms with Crippen molar-refractivity contribution in [3.8, 4) is 0 Å². The van der Waals surface area contributed by atoms with E-state index in [4.69, 9.17) is 28.0 Å². The lowest BCUT2D eigenvalue weighted by atomic mass is 9.45. The van der Waals surface area contributed by atoms with Crippen LogP contribution in [0.1, 0.15) is 45.1 Å². The smallest absolute Gasteiger partial charge is 0.192 e. The van der Waals surface area contributed by atoms with E-state index in [9.17, 15) is 19.8 Å².